The summed E-state index contributed by atoms with van der Waals surface area (Å²) in [6.45, 7) is 13.7. The van der Waals surface area contributed by atoms with Crippen molar-refractivity contribution in [3.8, 4) is 0 Å². The highest BCUT2D eigenvalue weighted by atomic mass is 14.8. The summed E-state index contributed by atoms with van der Waals surface area (Å²) in [6, 6.07) is 0. The van der Waals surface area contributed by atoms with Gasteiger partial charge in [0.05, 0.1) is 6.54 Å². The molecule has 0 saturated carbocycles. The zero-order valence-electron chi connectivity index (χ0n) is 13.7. The first-order chi connectivity index (χ1) is 9.56. The van der Waals surface area contributed by atoms with Gasteiger partial charge in [-0.15, -0.1) is 0 Å². The van der Waals surface area contributed by atoms with E-state index in [9.17, 15) is 0 Å². The molecule has 0 unspecified atom stereocenters. The molecule has 1 aliphatic rings. The lowest BCUT2D eigenvalue weighted by atomic mass is 9.89. The van der Waals surface area contributed by atoms with Gasteiger partial charge in [-0.05, 0) is 49.3 Å². The third-order valence-electron chi connectivity index (χ3n) is 4.06. The molecular formula is C18H30N2. The number of hydrogen-bond donors (Lipinski definition) is 1. The summed E-state index contributed by atoms with van der Waals surface area (Å²) in [6.07, 6.45) is 6.72. The van der Waals surface area contributed by atoms with Crippen molar-refractivity contribution in [1.82, 2.24) is 0 Å². The normalized spacial score (nSPS) is 16.3. The van der Waals surface area contributed by atoms with Crippen LogP contribution in [0, 0.1) is 0 Å². The Bertz CT molecular complexity index is 450. The van der Waals surface area contributed by atoms with Gasteiger partial charge >= 0.3 is 0 Å². The smallest absolute Gasteiger partial charge is 0.0793 e. The van der Waals surface area contributed by atoms with E-state index < -0.39 is 0 Å². The predicted molar refractivity (Wildman–Crippen MR) is 90.1 cm³/mol. The Morgan fingerprint density at radius 3 is 2.45 bits per heavy atom. The van der Waals surface area contributed by atoms with E-state index in [0.717, 1.165) is 25.0 Å². The molecule has 0 fully saturated rings. The van der Waals surface area contributed by atoms with E-state index in [1.807, 2.05) is 0 Å². The van der Waals surface area contributed by atoms with Crippen molar-refractivity contribution >= 4 is 5.71 Å². The Kier molecular flexibility index (Phi) is 6.77. The van der Waals surface area contributed by atoms with Crippen LogP contribution in [0.25, 0.3) is 0 Å². The molecule has 0 atom stereocenters. The fourth-order valence-corrected chi connectivity index (χ4v) is 2.96. The van der Waals surface area contributed by atoms with Gasteiger partial charge in [0.25, 0.3) is 0 Å². The van der Waals surface area contributed by atoms with Gasteiger partial charge in [0, 0.05) is 17.0 Å². The van der Waals surface area contributed by atoms with Gasteiger partial charge in [-0.2, -0.15) is 0 Å². The average molecular weight is 274 g/mol. The van der Waals surface area contributed by atoms with Crippen LogP contribution in [-0.4, -0.2) is 12.3 Å². The largest absolute Gasteiger partial charge is 0.400 e. The zero-order valence-corrected chi connectivity index (χ0v) is 13.7. The lowest BCUT2D eigenvalue weighted by molar-refractivity contribution is 0.716. The Balaban J connectivity index is 3.07. The summed E-state index contributed by atoms with van der Waals surface area (Å²) in [7, 11) is 0. The highest BCUT2D eigenvalue weighted by Gasteiger charge is 2.18. The molecule has 2 heteroatoms. The van der Waals surface area contributed by atoms with Crippen molar-refractivity contribution in [2.75, 3.05) is 6.54 Å². The summed E-state index contributed by atoms with van der Waals surface area (Å²) < 4.78 is 0. The van der Waals surface area contributed by atoms with Crippen LogP contribution in [0.2, 0.25) is 0 Å². The highest BCUT2D eigenvalue weighted by molar-refractivity contribution is 6.01. The fourth-order valence-electron chi connectivity index (χ4n) is 2.96. The number of hydrogen-bond acceptors (Lipinski definition) is 2. The molecule has 0 bridgehead atoms. The maximum atomic E-state index is 6.29. The highest BCUT2D eigenvalue weighted by Crippen LogP contribution is 2.30. The Hall–Kier alpha value is -1.31. The van der Waals surface area contributed by atoms with Crippen LogP contribution in [0.15, 0.2) is 39.6 Å². The third kappa shape index (κ3) is 3.84. The Morgan fingerprint density at radius 2 is 1.90 bits per heavy atom. The molecule has 20 heavy (non-hydrogen) atoms. The molecule has 2 nitrogen and oxygen atoms in total. The molecule has 1 aliphatic heterocycles. The molecule has 0 spiro atoms. The molecule has 0 amide bonds. The number of rotatable bonds is 7. The fraction of sp³-hybridized carbons (Fsp3) is 0.611. The van der Waals surface area contributed by atoms with E-state index >= 15 is 0 Å². The summed E-state index contributed by atoms with van der Waals surface area (Å²) in [5.74, 6) is 0. The quantitative estimate of drug-likeness (QED) is 0.657. The maximum Gasteiger partial charge on any atom is 0.0793 e. The second-order valence-electron chi connectivity index (χ2n) is 5.53. The Morgan fingerprint density at radius 1 is 1.20 bits per heavy atom. The molecular weight excluding hydrogens is 244 g/mol. The van der Waals surface area contributed by atoms with Crippen LogP contribution in [0.3, 0.4) is 0 Å². The van der Waals surface area contributed by atoms with Crippen molar-refractivity contribution in [1.29, 1.82) is 0 Å². The zero-order chi connectivity index (χ0) is 15.1. The molecule has 0 radical (unpaired) electrons. The van der Waals surface area contributed by atoms with E-state index in [4.69, 9.17) is 5.73 Å². The minimum absolute atomic E-state index is 0.617. The predicted octanol–water partition coefficient (Wildman–Crippen LogP) is 4.93. The number of allylic oxidation sites excluding steroid dienone is 4. The molecule has 1 heterocycles. The van der Waals surface area contributed by atoms with Crippen molar-refractivity contribution in [2.45, 2.75) is 66.2 Å². The summed E-state index contributed by atoms with van der Waals surface area (Å²) >= 11 is 0. The van der Waals surface area contributed by atoms with Crippen LogP contribution in [0.5, 0.6) is 0 Å². The molecule has 0 saturated heterocycles. The lowest BCUT2D eigenvalue weighted by Crippen LogP contribution is -2.08. The molecule has 0 aromatic carbocycles. The van der Waals surface area contributed by atoms with Crippen LogP contribution in [0.1, 0.15) is 66.2 Å². The van der Waals surface area contributed by atoms with Gasteiger partial charge < -0.3 is 5.73 Å². The average Bonchev–Trinajstić information content (AvgIpc) is 2.55. The number of nitrogens with two attached hydrogens (primary N) is 1. The van der Waals surface area contributed by atoms with Crippen molar-refractivity contribution < 1.29 is 0 Å². The molecule has 2 N–H and O–H groups in total. The Labute approximate surface area is 124 Å². The standard InChI is InChI=1S/C18H30N2/c1-6-9-10-11-13(4)18-14(5)15(7-2)17(8-3)20-12-16(18)19/h4,6-12,19H2,1-3,5H3. The van der Waals surface area contributed by atoms with Crippen LogP contribution in [-0.2, 0) is 0 Å². The molecule has 0 aromatic rings. The van der Waals surface area contributed by atoms with Crippen LogP contribution < -0.4 is 5.73 Å². The molecule has 112 valence electrons. The SMILES string of the molecule is C=C(CCCCC)C1=C(N)CN=C(CC)C(CC)=C1C. The topological polar surface area (TPSA) is 38.4 Å². The second kappa shape index (κ2) is 8.08. The van der Waals surface area contributed by atoms with Crippen LogP contribution in [0.4, 0.5) is 0 Å². The monoisotopic (exact) mass is 274 g/mol. The first-order valence-corrected chi connectivity index (χ1v) is 7.97. The van der Waals surface area contributed by atoms with Crippen molar-refractivity contribution in [2.24, 2.45) is 10.7 Å². The van der Waals surface area contributed by atoms with Gasteiger partial charge in [-0.25, -0.2) is 0 Å². The molecule has 0 aromatic heterocycles. The minimum Gasteiger partial charge on any atom is -0.400 e. The lowest BCUT2D eigenvalue weighted by Gasteiger charge is -2.16. The van der Waals surface area contributed by atoms with E-state index in [-0.39, 0.29) is 0 Å². The molecule has 1 rings (SSSR count). The third-order valence-corrected chi connectivity index (χ3v) is 4.06. The summed E-state index contributed by atoms with van der Waals surface area (Å²) in [5, 5.41) is 0. The van der Waals surface area contributed by atoms with Crippen LogP contribution >= 0.6 is 0 Å². The van der Waals surface area contributed by atoms with Gasteiger partial charge in [-0.3, -0.25) is 4.99 Å². The van der Waals surface area contributed by atoms with E-state index in [1.165, 1.54) is 47.3 Å². The minimum atomic E-state index is 0.617. The number of aliphatic imine (C=N–C) groups is 1. The van der Waals surface area contributed by atoms with Gasteiger partial charge in [-0.1, -0.05) is 40.2 Å². The summed E-state index contributed by atoms with van der Waals surface area (Å²) in [4.78, 5) is 4.69. The van der Waals surface area contributed by atoms with Gasteiger partial charge in [0.2, 0.25) is 0 Å². The van der Waals surface area contributed by atoms with Crippen molar-refractivity contribution in [3.63, 3.8) is 0 Å². The molecule has 0 aliphatic carbocycles. The maximum absolute atomic E-state index is 6.29. The van der Waals surface area contributed by atoms with E-state index in [0.29, 0.717) is 6.54 Å². The summed E-state index contributed by atoms with van der Waals surface area (Å²) in [5.41, 5.74) is 13.4. The van der Waals surface area contributed by atoms with E-state index in [1.54, 1.807) is 0 Å². The number of nitrogens with zero attached hydrogens (tertiary/aromatic N) is 1. The van der Waals surface area contributed by atoms with E-state index in [2.05, 4.69) is 39.3 Å². The first kappa shape index (κ1) is 16.7. The number of unbranched alkanes of at least 4 members (excludes halogenated alkanes) is 2. The van der Waals surface area contributed by atoms with Gasteiger partial charge in [0.15, 0.2) is 0 Å². The second-order valence-corrected chi connectivity index (χ2v) is 5.53. The first-order valence-electron chi connectivity index (χ1n) is 7.97. The van der Waals surface area contributed by atoms with Crippen molar-refractivity contribution in [3.05, 3.63) is 34.6 Å². The van der Waals surface area contributed by atoms with Gasteiger partial charge in [0.1, 0.15) is 0 Å².